The van der Waals surface area contributed by atoms with Gasteiger partial charge in [-0.15, -0.1) is 11.3 Å². The molecule has 0 radical (unpaired) electrons. The lowest BCUT2D eigenvalue weighted by Gasteiger charge is -2.15. The van der Waals surface area contributed by atoms with Gasteiger partial charge in [-0.05, 0) is 41.2 Å². The Hall–Kier alpha value is -1.77. The summed E-state index contributed by atoms with van der Waals surface area (Å²) in [5, 5.41) is 13.5. The molecular weight excluding hydrogens is 370 g/mol. The second-order valence-corrected chi connectivity index (χ2v) is 7.25. The number of thiophene rings is 1. The second-order valence-electron chi connectivity index (χ2n) is 4.70. The normalized spacial score (nSPS) is 10.7. The van der Waals surface area contributed by atoms with E-state index in [1.165, 1.54) is 12.1 Å². The molecule has 0 unspecified atom stereocenters. The summed E-state index contributed by atoms with van der Waals surface area (Å²) >= 11 is 5.00. The number of nitro groups is 1. The van der Waals surface area contributed by atoms with Gasteiger partial charge in [-0.1, -0.05) is 12.1 Å². The van der Waals surface area contributed by atoms with Crippen molar-refractivity contribution in [1.82, 2.24) is 4.90 Å². The number of likely N-dealkylation sites (N-methyl/N-ethyl adjacent to an activating group) is 1. The van der Waals surface area contributed by atoms with Crippen LogP contribution in [0.3, 0.4) is 0 Å². The molecule has 0 aliphatic rings. The van der Waals surface area contributed by atoms with E-state index in [1.54, 1.807) is 23.5 Å². The van der Waals surface area contributed by atoms with Crippen LogP contribution >= 0.6 is 27.3 Å². The van der Waals surface area contributed by atoms with E-state index in [4.69, 9.17) is 0 Å². The molecule has 0 saturated heterocycles. The molecule has 0 aliphatic carbocycles. The van der Waals surface area contributed by atoms with Gasteiger partial charge in [0.15, 0.2) is 0 Å². The lowest BCUT2D eigenvalue weighted by Crippen LogP contribution is -2.29. The predicted octanol–water partition coefficient (Wildman–Crippen LogP) is 3.49. The summed E-state index contributed by atoms with van der Waals surface area (Å²) in [4.78, 5) is 25.4. The molecule has 22 heavy (non-hydrogen) atoms. The minimum Gasteiger partial charge on any atom is -0.319 e. The summed E-state index contributed by atoms with van der Waals surface area (Å²) in [6.07, 6.45) is 0. The number of para-hydroxylation sites is 2. The monoisotopic (exact) mass is 383 g/mol. The van der Waals surface area contributed by atoms with E-state index in [9.17, 15) is 14.9 Å². The Kier molecular flexibility index (Phi) is 5.64. The number of benzene rings is 1. The zero-order chi connectivity index (χ0) is 16.1. The van der Waals surface area contributed by atoms with E-state index in [1.807, 2.05) is 24.1 Å². The topological polar surface area (TPSA) is 75.5 Å². The van der Waals surface area contributed by atoms with Gasteiger partial charge in [0.1, 0.15) is 5.69 Å². The molecule has 0 aliphatic heterocycles. The molecule has 1 N–H and O–H groups in total. The lowest BCUT2D eigenvalue weighted by atomic mass is 10.2. The Balaban J connectivity index is 1.94. The highest BCUT2D eigenvalue weighted by atomic mass is 79.9. The Morgan fingerprint density at radius 2 is 2.09 bits per heavy atom. The predicted molar refractivity (Wildman–Crippen MR) is 90.1 cm³/mol. The summed E-state index contributed by atoms with van der Waals surface area (Å²) in [5.41, 5.74) is 0.102. The first-order valence-corrected chi connectivity index (χ1v) is 8.02. The van der Waals surface area contributed by atoms with Crippen molar-refractivity contribution in [3.05, 3.63) is 55.2 Å². The van der Waals surface area contributed by atoms with Crippen molar-refractivity contribution in [2.24, 2.45) is 0 Å². The number of carbonyl (C=O) groups is 1. The lowest BCUT2D eigenvalue weighted by molar-refractivity contribution is -0.383. The zero-order valence-corrected chi connectivity index (χ0v) is 14.2. The van der Waals surface area contributed by atoms with Crippen LogP contribution < -0.4 is 5.32 Å². The third-order valence-corrected chi connectivity index (χ3v) is 4.45. The zero-order valence-electron chi connectivity index (χ0n) is 11.8. The number of amides is 1. The quantitative estimate of drug-likeness (QED) is 0.611. The Morgan fingerprint density at radius 3 is 2.73 bits per heavy atom. The van der Waals surface area contributed by atoms with Crippen LogP contribution in [0.1, 0.15) is 4.88 Å². The molecule has 2 aromatic rings. The van der Waals surface area contributed by atoms with Gasteiger partial charge >= 0.3 is 0 Å². The number of nitrogens with zero attached hydrogens (tertiary/aromatic N) is 2. The van der Waals surface area contributed by atoms with Crippen LogP contribution in [-0.2, 0) is 11.3 Å². The maximum Gasteiger partial charge on any atom is 0.292 e. The molecule has 116 valence electrons. The van der Waals surface area contributed by atoms with Crippen molar-refractivity contribution in [3.63, 3.8) is 0 Å². The number of hydrogen-bond acceptors (Lipinski definition) is 5. The first-order valence-electron chi connectivity index (χ1n) is 6.41. The minimum absolute atomic E-state index is 0.110. The first kappa shape index (κ1) is 16.6. The van der Waals surface area contributed by atoms with E-state index in [2.05, 4.69) is 21.2 Å². The fourth-order valence-electron chi connectivity index (χ4n) is 1.93. The number of nitrogens with one attached hydrogen (secondary N) is 1. The number of rotatable bonds is 6. The smallest absolute Gasteiger partial charge is 0.292 e. The molecule has 1 aromatic carbocycles. The highest BCUT2D eigenvalue weighted by Gasteiger charge is 2.15. The Labute approximate surface area is 140 Å². The maximum absolute atomic E-state index is 12.0. The van der Waals surface area contributed by atoms with Gasteiger partial charge in [-0.3, -0.25) is 19.8 Å². The SMILES string of the molecule is CN(CC(=O)Nc1ccccc1[N+](=O)[O-])Cc1ccc(Br)s1. The third kappa shape index (κ3) is 4.62. The van der Waals surface area contributed by atoms with Gasteiger partial charge in [0.05, 0.1) is 15.3 Å². The first-order chi connectivity index (χ1) is 10.5. The number of hydrogen-bond donors (Lipinski definition) is 1. The van der Waals surface area contributed by atoms with Crippen LogP contribution in [0.5, 0.6) is 0 Å². The molecule has 0 fully saturated rings. The maximum atomic E-state index is 12.0. The van der Waals surface area contributed by atoms with Crippen molar-refractivity contribution in [3.8, 4) is 0 Å². The molecule has 1 amide bonds. The average molecular weight is 384 g/mol. The van der Waals surface area contributed by atoms with E-state index in [0.717, 1.165) is 8.66 Å². The minimum atomic E-state index is -0.511. The van der Waals surface area contributed by atoms with E-state index < -0.39 is 4.92 Å². The van der Waals surface area contributed by atoms with Crippen molar-refractivity contribution >= 4 is 44.5 Å². The standard InChI is InChI=1S/C14H14BrN3O3S/c1-17(8-10-6-7-13(15)22-10)9-14(19)16-11-4-2-3-5-12(11)18(20)21/h2-7H,8-9H2,1H3,(H,16,19). The third-order valence-electron chi connectivity index (χ3n) is 2.84. The average Bonchev–Trinajstić information content (AvgIpc) is 2.83. The van der Waals surface area contributed by atoms with Crippen LogP contribution in [0.25, 0.3) is 0 Å². The summed E-state index contributed by atoms with van der Waals surface area (Å²) < 4.78 is 1.04. The highest BCUT2D eigenvalue weighted by molar-refractivity contribution is 9.11. The fourth-order valence-corrected chi connectivity index (χ4v) is 3.50. The Morgan fingerprint density at radius 1 is 1.36 bits per heavy atom. The van der Waals surface area contributed by atoms with Crippen LogP contribution in [0, 0.1) is 10.1 Å². The van der Waals surface area contributed by atoms with Gasteiger partial charge in [0.2, 0.25) is 5.91 Å². The van der Waals surface area contributed by atoms with Crippen LogP contribution in [0.4, 0.5) is 11.4 Å². The summed E-state index contributed by atoms with van der Waals surface area (Å²) in [7, 11) is 1.83. The molecular formula is C14H14BrN3O3S. The number of carbonyl (C=O) groups excluding carboxylic acids is 1. The summed E-state index contributed by atoms with van der Waals surface area (Å²) in [5.74, 6) is -0.285. The van der Waals surface area contributed by atoms with Gasteiger partial charge in [-0.25, -0.2) is 0 Å². The van der Waals surface area contributed by atoms with Crippen molar-refractivity contribution in [2.45, 2.75) is 6.54 Å². The molecule has 8 heteroatoms. The molecule has 2 rings (SSSR count). The van der Waals surface area contributed by atoms with Gasteiger partial charge in [0, 0.05) is 17.5 Å². The summed E-state index contributed by atoms with van der Waals surface area (Å²) in [6.45, 7) is 0.794. The molecule has 6 nitrogen and oxygen atoms in total. The second kappa shape index (κ2) is 7.48. The number of nitro benzene ring substituents is 1. The molecule has 0 saturated carbocycles. The molecule has 1 aromatic heterocycles. The van der Waals surface area contributed by atoms with E-state index in [0.29, 0.717) is 6.54 Å². The largest absolute Gasteiger partial charge is 0.319 e. The van der Waals surface area contributed by atoms with Crippen LogP contribution in [0.2, 0.25) is 0 Å². The van der Waals surface area contributed by atoms with Gasteiger partial charge in [0.25, 0.3) is 5.69 Å². The molecule has 0 spiro atoms. The number of halogens is 1. The van der Waals surface area contributed by atoms with Crippen molar-refractivity contribution < 1.29 is 9.72 Å². The summed E-state index contributed by atoms with van der Waals surface area (Å²) in [6, 6.07) is 10.0. The highest BCUT2D eigenvalue weighted by Crippen LogP contribution is 2.24. The molecule has 1 heterocycles. The van der Waals surface area contributed by atoms with E-state index in [-0.39, 0.29) is 23.8 Å². The van der Waals surface area contributed by atoms with Crippen LogP contribution in [0.15, 0.2) is 40.2 Å². The molecule has 0 bridgehead atoms. The fraction of sp³-hybridized carbons (Fsp3) is 0.214. The van der Waals surface area contributed by atoms with Gasteiger partial charge in [-0.2, -0.15) is 0 Å². The van der Waals surface area contributed by atoms with Crippen molar-refractivity contribution in [2.75, 3.05) is 18.9 Å². The van der Waals surface area contributed by atoms with Crippen LogP contribution in [-0.4, -0.2) is 29.3 Å². The van der Waals surface area contributed by atoms with Crippen molar-refractivity contribution in [1.29, 1.82) is 0 Å². The van der Waals surface area contributed by atoms with E-state index >= 15 is 0 Å². The van der Waals surface area contributed by atoms with Gasteiger partial charge < -0.3 is 5.32 Å². The Bertz CT molecular complexity index is 689. The number of anilines is 1. The molecule has 0 atom stereocenters.